The molecule has 138 valence electrons. The number of ether oxygens (including phenoxy) is 1. The molecule has 2 aliphatic rings. The lowest BCUT2D eigenvalue weighted by Gasteiger charge is -2.57. The second-order valence-corrected chi connectivity index (χ2v) is 8.66. The van der Waals surface area contributed by atoms with E-state index in [1.807, 2.05) is 34.6 Å². The van der Waals surface area contributed by atoms with E-state index in [0.29, 0.717) is 29.5 Å². The van der Waals surface area contributed by atoms with Crippen LogP contribution in [0.4, 0.5) is 0 Å². The molecule has 0 saturated heterocycles. The van der Waals surface area contributed by atoms with Crippen molar-refractivity contribution in [3.8, 4) is 11.5 Å². The Bertz CT molecular complexity index is 709. The van der Waals surface area contributed by atoms with Gasteiger partial charge >= 0.3 is 0 Å². The van der Waals surface area contributed by atoms with Gasteiger partial charge in [-0.2, -0.15) is 0 Å². The van der Waals surface area contributed by atoms with Crippen LogP contribution in [0.25, 0.3) is 0 Å². The van der Waals surface area contributed by atoms with Gasteiger partial charge in [0, 0.05) is 33.4 Å². The van der Waals surface area contributed by atoms with Crippen molar-refractivity contribution < 1.29 is 24.9 Å². The molecule has 0 unspecified atom stereocenters. The zero-order valence-electron chi connectivity index (χ0n) is 15.5. The first-order valence-electron chi connectivity index (χ1n) is 8.94. The number of phenolic OH excluding ortho intramolecular Hbond substituents is 1. The highest BCUT2D eigenvalue weighted by Crippen LogP contribution is 2.60. The fraction of sp³-hybridized carbons (Fsp3) is 0.650. The molecule has 5 nitrogen and oxygen atoms in total. The molecule has 25 heavy (non-hydrogen) atoms. The molecule has 3 N–H and O–H groups in total. The molecule has 1 saturated carbocycles. The van der Waals surface area contributed by atoms with Crippen LogP contribution in [0, 0.1) is 11.3 Å². The molecule has 0 radical (unpaired) electrons. The molecule has 1 aliphatic heterocycles. The van der Waals surface area contributed by atoms with Gasteiger partial charge in [0.2, 0.25) is 6.29 Å². The third kappa shape index (κ3) is 2.40. The van der Waals surface area contributed by atoms with Crippen LogP contribution in [0.5, 0.6) is 11.5 Å². The molecule has 0 amide bonds. The summed E-state index contributed by atoms with van der Waals surface area (Å²) in [6, 6.07) is 1.73. The van der Waals surface area contributed by atoms with E-state index in [1.165, 1.54) is 0 Å². The lowest BCUT2D eigenvalue weighted by molar-refractivity contribution is -0.186. The number of hydrogen-bond donors (Lipinski definition) is 3. The highest BCUT2D eigenvalue weighted by atomic mass is 16.6. The highest BCUT2D eigenvalue weighted by Gasteiger charge is 2.59. The Morgan fingerprint density at radius 3 is 2.48 bits per heavy atom. The van der Waals surface area contributed by atoms with Crippen molar-refractivity contribution >= 4 is 6.29 Å². The second kappa shape index (κ2) is 5.71. The number of carbonyl (C=O) groups excluding carboxylic acids is 1. The van der Waals surface area contributed by atoms with E-state index >= 15 is 0 Å². The Balaban J connectivity index is 2.30. The van der Waals surface area contributed by atoms with Gasteiger partial charge in [-0.05, 0) is 24.8 Å². The Labute approximate surface area is 148 Å². The lowest BCUT2D eigenvalue weighted by atomic mass is 9.51. The quantitative estimate of drug-likeness (QED) is 0.715. The number of hydrogen-bond acceptors (Lipinski definition) is 5. The maximum absolute atomic E-state index is 11.8. The van der Waals surface area contributed by atoms with Gasteiger partial charge in [-0.15, -0.1) is 0 Å². The molecular weight excluding hydrogens is 320 g/mol. The van der Waals surface area contributed by atoms with E-state index in [9.17, 15) is 20.1 Å². The van der Waals surface area contributed by atoms with Crippen molar-refractivity contribution in [3.05, 3.63) is 22.8 Å². The van der Waals surface area contributed by atoms with Crippen molar-refractivity contribution in [2.75, 3.05) is 0 Å². The van der Waals surface area contributed by atoms with Crippen molar-refractivity contribution in [2.24, 2.45) is 11.3 Å². The summed E-state index contributed by atoms with van der Waals surface area (Å²) in [7, 11) is 0. The predicted octanol–water partition coefficient (Wildman–Crippen LogP) is 3.09. The molecule has 0 aromatic heterocycles. The van der Waals surface area contributed by atoms with E-state index in [-0.39, 0.29) is 23.3 Å². The number of aliphatic hydroxyl groups is 2. The fourth-order valence-electron chi connectivity index (χ4n) is 5.07. The van der Waals surface area contributed by atoms with E-state index in [4.69, 9.17) is 4.74 Å². The summed E-state index contributed by atoms with van der Waals surface area (Å²) in [6.07, 6.45) is 0.253. The lowest BCUT2D eigenvalue weighted by Crippen LogP contribution is -2.60. The zero-order valence-corrected chi connectivity index (χ0v) is 15.5. The summed E-state index contributed by atoms with van der Waals surface area (Å²) < 4.78 is 5.75. The number of benzene rings is 1. The maximum Gasteiger partial charge on any atom is 0.201 e. The van der Waals surface area contributed by atoms with E-state index in [1.54, 1.807) is 6.07 Å². The predicted molar refractivity (Wildman–Crippen MR) is 94.1 cm³/mol. The number of aromatic hydroxyl groups is 1. The second-order valence-electron chi connectivity index (χ2n) is 8.66. The number of phenols is 1. The summed E-state index contributed by atoms with van der Waals surface area (Å²) in [5.41, 5.74) is 0.614. The van der Waals surface area contributed by atoms with Crippen LogP contribution in [-0.2, 0) is 5.41 Å². The first-order valence-corrected chi connectivity index (χ1v) is 8.94. The molecule has 0 spiro atoms. The third-order valence-corrected chi connectivity index (χ3v) is 6.44. The van der Waals surface area contributed by atoms with Crippen molar-refractivity contribution in [2.45, 2.75) is 71.2 Å². The Morgan fingerprint density at radius 2 is 1.92 bits per heavy atom. The molecule has 1 fully saturated rings. The van der Waals surface area contributed by atoms with Gasteiger partial charge in [-0.25, -0.2) is 0 Å². The van der Waals surface area contributed by atoms with Crippen LogP contribution in [0.2, 0.25) is 0 Å². The van der Waals surface area contributed by atoms with Crippen LogP contribution in [-0.4, -0.2) is 34.0 Å². The van der Waals surface area contributed by atoms with Gasteiger partial charge in [-0.3, -0.25) is 4.79 Å². The van der Waals surface area contributed by atoms with Crippen LogP contribution in [0.15, 0.2) is 6.07 Å². The number of aliphatic hydroxyl groups excluding tert-OH is 2. The standard InChI is InChI=1S/C20H28O5/c1-10(2)12-8-11(9-21)14-16(15(12)23)25-18(24)17-19(3,4)13(22)6-7-20(14,17)5/h8-10,13,17-18,22-24H,6-7H2,1-5H3/t13-,17-,18+,20+/m0/s1. The van der Waals surface area contributed by atoms with E-state index in [0.717, 1.165) is 6.29 Å². The van der Waals surface area contributed by atoms with Gasteiger partial charge in [0.25, 0.3) is 0 Å². The maximum atomic E-state index is 11.8. The average Bonchev–Trinajstić information content (AvgIpc) is 2.51. The van der Waals surface area contributed by atoms with Gasteiger partial charge in [0.05, 0.1) is 6.10 Å². The molecule has 3 rings (SSSR count). The minimum absolute atomic E-state index is 0.00162. The molecular formula is C20H28O5. The monoisotopic (exact) mass is 348 g/mol. The third-order valence-electron chi connectivity index (χ3n) is 6.44. The van der Waals surface area contributed by atoms with Gasteiger partial charge < -0.3 is 20.1 Å². The highest BCUT2D eigenvalue weighted by molar-refractivity contribution is 5.82. The molecule has 1 heterocycles. The topological polar surface area (TPSA) is 87.0 Å². The minimum Gasteiger partial charge on any atom is -0.504 e. The first kappa shape index (κ1) is 18.2. The minimum atomic E-state index is -1.16. The smallest absolute Gasteiger partial charge is 0.201 e. The molecule has 0 bridgehead atoms. The Kier molecular flexibility index (Phi) is 4.16. The van der Waals surface area contributed by atoms with Crippen molar-refractivity contribution in [1.82, 2.24) is 0 Å². The zero-order chi connectivity index (χ0) is 18.7. The number of aldehydes is 1. The van der Waals surface area contributed by atoms with Crippen LogP contribution in [0.1, 0.15) is 74.9 Å². The average molecular weight is 348 g/mol. The SMILES string of the molecule is CC(C)c1cc(C=O)c2c(c1O)O[C@@H](O)[C@H]1C(C)(C)[C@@H](O)CC[C@]21C. The summed E-state index contributed by atoms with van der Waals surface area (Å²) in [6.45, 7) is 9.69. The summed E-state index contributed by atoms with van der Waals surface area (Å²) in [5, 5.41) is 32.0. The largest absolute Gasteiger partial charge is 0.504 e. The fourth-order valence-corrected chi connectivity index (χ4v) is 5.07. The Hall–Kier alpha value is -1.59. The number of fused-ring (bicyclic) bond motifs is 3. The van der Waals surface area contributed by atoms with Crippen LogP contribution >= 0.6 is 0 Å². The van der Waals surface area contributed by atoms with Gasteiger partial charge in [-0.1, -0.05) is 34.6 Å². The molecule has 4 atom stereocenters. The van der Waals surface area contributed by atoms with E-state index in [2.05, 4.69) is 0 Å². The number of carbonyl (C=O) groups is 1. The molecule has 1 aromatic rings. The Morgan fingerprint density at radius 1 is 1.28 bits per heavy atom. The molecule has 1 aliphatic carbocycles. The summed E-state index contributed by atoms with van der Waals surface area (Å²) in [5.74, 6) is -0.163. The van der Waals surface area contributed by atoms with Crippen LogP contribution < -0.4 is 4.74 Å². The van der Waals surface area contributed by atoms with Gasteiger partial charge in [0.15, 0.2) is 17.8 Å². The summed E-state index contributed by atoms with van der Waals surface area (Å²) in [4.78, 5) is 11.8. The van der Waals surface area contributed by atoms with E-state index < -0.39 is 23.2 Å². The molecule has 5 heteroatoms. The first-order chi connectivity index (χ1) is 11.6. The van der Waals surface area contributed by atoms with Crippen molar-refractivity contribution in [1.29, 1.82) is 0 Å². The van der Waals surface area contributed by atoms with Gasteiger partial charge in [0.1, 0.15) is 0 Å². The van der Waals surface area contributed by atoms with Crippen LogP contribution in [0.3, 0.4) is 0 Å². The molecule has 1 aromatic carbocycles. The number of rotatable bonds is 2. The summed E-state index contributed by atoms with van der Waals surface area (Å²) >= 11 is 0. The normalized spacial score (nSPS) is 33.4. The van der Waals surface area contributed by atoms with Crippen molar-refractivity contribution in [3.63, 3.8) is 0 Å².